The molecule has 1 aromatic carbocycles. The quantitative estimate of drug-likeness (QED) is 0.858. The second kappa shape index (κ2) is 6.60. The van der Waals surface area contributed by atoms with Crippen LogP contribution in [-0.2, 0) is 4.79 Å². The molecule has 0 bridgehead atoms. The number of amides is 1. The Labute approximate surface area is 115 Å². The molecule has 0 atom stereocenters. The van der Waals surface area contributed by atoms with Gasteiger partial charge in [-0.25, -0.2) is 0 Å². The highest BCUT2D eigenvalue weighted by Crippen LogP contribution is 2.25. The summed E-state index contributed by atoms with van der Waals surface area (Å²) in [6.45, 7) is 4.22. The topological polar surface area (TPSA) is 41.1 Å². The third kappa shape index (κ3) is 4.27. The van der Waals surface area contributed by atoms with E-state index in [9.17, 15) is 4.79 Å². The first kappa shape index (κ1) is 13.9. The maximum atomic E-state index is 12.1. The van der Waals surface area contributed by atoms with Gasteiger partial charge >= 0.3 is 0 Å². The molecule has 0 spiro atoms. The van der Waals surface area contributed by atoms with E-state index in [4.69, 9.17) is 0 Å². The van der Waals surface area contributed by atoms with Gasteiger partial charge in [0, 0.05) is 23.3 Å². The van der Waals surface area contributed by atoms with Crippen molar-refractivity contribution in [3.63, 3.8) is 0 Å². The highest BCUT2D eigenvalue weighted by molar-refractivity contribution is 5.92. The van der Waals surface area contributed by atoms with E-state index in [2.05, 4.69) is 24.5 Å². The number of nitrogens with one attached hydrogen (secondary N) is 2. The summed E-state index contributed by atoms with van der Waals surface area (Å²) in [5, 5.41) is 6.36. The fraction of sp³-hybridized carbons (Fsp3) is 0.562. The minimum Gasteiger partial charge on any atom is -0.383 e. The van der Waals surface area contributed by atoms with Crippen LogP contribution in [0.5, 0.6) is 0 Å². The van der Waals surface area contributed by atoms with E-state index >= 15 is 0 Å². The fourth-order valence-corrected chi connectivity index (χ4v) is 2.59. The van der Waals surface area contributed by atoms with Crippen LogP contribution < -0.4 is 10.6 Å². The lowest BCUT2D eigenvalue weighted by molar-refractivity contribution is -0.120. The van der Waals surface area contributed by atoms with Crippen LogP contribution in [0.25, 0.3) is 0 Å². The lowest BCUT2D eigenvalue weighted by atomic mass is 9.88. The molecule has 0 heterocycles. The third-order valence-corrected chi connectivity index (χ3v) is 3.58. The number of rotatable bonds is 4. The summed E-state index contributed by atoms with van der Waals surface area (Å²) in [6, 6.07) is 8.37. The maximum absolute atomic E-state index is 12.1. The van der Waals surface area contributed by atoms with E-state index in [0.717, 1.165) is 24.2 Å². The van der Waals surface area contributed by atoms with Gasteiger partial charge in [0.05, 0.1) is 0 Å². The summed E-state index contributed by atoms with van der Waals surface area (Å²) in [4.78, 5) is 12.1. The number of anilines is 2. The van der Waals surface area contributed by atoms with Gasteiger partial charge in [-0.3, -0.25) is 4.79 Å². The first-order chi connectivity index (χ1) is 9.15. The first-order valence-electron chi connectivity index (χ1n) is 7.32. The first-order valence-corrected chi connectivity index (χ1v) is 7.32. The fourth-order valence-electron chi connectivity index (χ4n) is 2.59. The Balaban J connectivity index is 1.89. The molecule has 1 aliphatic carbocycles. The predicted octanol–water partition coefficient (Wildman–Crippen LogP) is 4.03. The average molecular weight is 260 g/mol. The van der Waals surface area contributed by atoms with Crippen molar-refractivity contribution >= 4 is 17.3 Å². The van der Waals surface area contributed by atoms with Gasteiger partial charge in [0.15, 0.2) is 0 Å². The van der Waals surface area contributed by atoms with Gasteiger partial charge in [-0.05, 0) is 51.0 Å². The molecule has 1 aliphatic rings. The molecule has 19 heavy (non-hydrogen) atoms. The zero-order valence-corrected chi connectivity index (χ0v) is 11.9. The van der Waals surface area contributed by atoms with Crippen molar-refractivity contribution in [3.8, 4) is 0 Å². The van der Waals surface area contributed by atoms with E-state index in [1.165, 1.54) is 19.3 Å². The van der Waals surface area contributed by atoms with Crippen molar-refractivity contribution in [2.24, 2.45) is 5.92 Å². The van der Waals surface area contributed by atoms with Crippen LogP contribution in [0.15, 0.2) is 24.3 Å². The lowest BCUT2D eigenvalue weighted by Gasteiger charge is -2.20. The molecule has 1 aromatic rings. The van der Waals surface area contributed by atoms with Crippen molar-refractivity contribution in [1.82, 2.24) is 0 Å². The highest BCUT2D eigenvalue weighted by atomic mass is 16.1. The molecular formula is C16H24N2O. The van der Waals surface area contributed by atoms with E-state index < -0.39 is 0 Å². The monoisotopic (exact) mass is 260 g/mol. The summed E-state index contributed by atoms with van der Waals surface area (Å²) in [5.41, 5.74) is 1.98. The Morgan fingerprint density at radius 2 is 1.63 bits per heavy atom. The zero-order valence-electron chi connectivity index (χ0n) is 11.9. The number of carbonyl (C=O) groups excluding carboxylic acids is 1. The largest absolute Gasteiger partial charge is 0.383 e. The number of hydrogen-bond donors (Lipinski definition) is 2. The zero-order chi connectivity index (χ0) is 13.7. The van der Waals surface area contributed by atoms with E-state index in [-0.39, 0.29) is 11.8 Å². The molecule has 0 radical (unpaired) electrons. The summed E-state index contributed by atoms with van der Waals surface area (Å²) >= 11 is 0. The average Bonchev–Trinajstić information content (AvgIpc) is 2.41. The Morgan fingerprint density at radius 3 is 2.21 bits per heavy atom. The molecule has 3 heteroatoms. The smallest absolute Gasteiger partial charge is 0.227 e. The van der Waals surface area contributed by atoms with Gasteiger partial charge < -0.3 is 10.6 Å². The Kier molecular flexibility index (Phi) is 4.83. The van der Waals surface area contributed by atoms with Crippen LogP contribution in [0.3, 0.4) is 0 Å². The van der Waals surface area contributed by atoms with Gasteiger partial charge in [0.2, 0.25) is 5.91 Å². The van der Waals surface area contributed by atoms with Gasteiger partial charge in [-0.1, -0.05) is 19.3 Å². The second-order valence-corrected chi connectivity index (χ2v) is 5.70. The minimum absolute atomic E-state index is 0.185. The molecule has 1 amide bonds. The SMILES string of the molecule is CC(C)Nc1ccc(NC(=O)C2CCCCC2)cc1. The van der Waals surface area contributed by atoms with Crippen molar-refractivity contribution in [3.05, 3.63) is 24.3 Å². The molecule has 0 aromatic heterocycles. The Bertz CT molecular complexity index is 405. The molecule has 2 rings (SSSR count). The molecule has 1 saturated carbocycles. The van der Waals surface area contributed by atoms with E-state index in [0.29, 0.717) is 6.04 Å². The standard InChI is InChI=1S/C16H24N2O/c1-12(2)17-14-8-10-15(11-9-14)18-16(19)13-6-4-3-5-7-13/h8-13,17H,3-7H2,1-2H3,(H,18,19). The molecule has 1 fully saturated rings. The van der Waals surface area contributed by atoms with E-state index in [1.807, 2.05) is 24.3 Å². The number of hydrogen-bond acceptors (Lipinski definition) is 2. The predicted molar refractivity (Wildman–Crippen MR) is 80.4 cm³/mol. The van der Waals surface area contributed by atoms with Gasteiger partial charge in [0.25, 0.3) is 0 Å². The van der Waals surface area contributed by atoms with Crippen LogP contribution in [0.4, 0.5) is 11.4 Å². The van der Waals surface area contributed by atoms with Crippen molar-refractivity contribution in [1.29, 1.82) is 0 Å². The van der Waals surface area contributed by atoms with Crippen molar-refractivity contribution in [2.75, 3.05) is 10.6 Å². The minimum atomic E-state index is 0.185. The second-order valence-electron chi connectivity index (χ2n) is 5.70. The number of carbonyl (C=O) groups is 1. The highest BCUT2D eigenvalue weighted by Gasteiger charge is 2.20. The van der Waals surface area contributed by atoms with Crippen LogP contribution >= 0.6 is 0 Å². The molecule has 3 nitrogen and oxygen atoms in total. The van der Waals surface area contributed by atoms with Crippen LogP contribution in [-0.4, -0.2) is 11.9 Å². The van der Waals surface area contributed by atoms with Crippen molar-refractivity contribution < 1.29 is 4.79 Å². The lowest BCUT2D eigenvalue weighted by Crippen LogP contribution is -2.24. The summed E-state index contributed by atoms with van der Waals surface area (Å²) in [6.07, 6.45) is 5.74. The van der Waals surface area contributed by atoms with Crippen LogP contribution in [0, 0.1) is 5.92 Å². The third-order valence-electron chi connectivity index (χ3n) is 3.58. The summed E-state index contributed by atoms with van der Waals surface area (Å²) in [7, 11) is 0. The molecule has 0 aliphatic heterocycles. The summed E-state index contributed by atoms with van der Waals surface area (Å²) in [5.74, 6) is 0.395. The molecule has 104 valence electrons. The van der Waals surface area contributed by atoms with Crippen LogP contribution in [0.1, 0.15) is 46.0 Å². The van der Waals surface area contributed by atoms with Crippen molar-refractivity contribution in [2.45, 2.75) is 52.0 Å². The van der Waals surface area contributed by atoms with Gasteiger partial charge in [-0.15, -0.1) is 0 Å². The Morgan fingerprint density at radius 1 is 1.05 bits per heavy atom. The molecule has 0 unspecified atom stereocenters. The normalized spacial score (nSPS) is 16.4. The molecular weight excluding hydrogens is 236 g/mol. The molecule has 0 saturated heterocycles. The van der Waals surface area contributed by atoms with Gasteiger partial charge in [-0.2, -0.15) is 0 Å². The maximum Gasteiger partial charge on any atom is 0.227 e. The molecule has 2 N–H and O–H groups in total. The number of benzene rings is 1. The Hall–Kier alpha value is -1.51. The van der Waals surface area contributed by atoms with E-state index in [1.54, 1.807) is 0 Å². The van der Waals surface area contributed by atoms with Crippen LogP contribution in [0.2, 0.25) is 0 Å². The van der Waals surface area contributed by atoms with Gasteiger partial charge in [0.1, 0.15) is 0 Å². The summed E-state index contributed by atoms with van der Waals surface area (Å²) < 4.78 is 0.